The molecule has 0 rings (SSSR count). The summed E-state index contributed by atoms with van der Waals surface area (Å²) in [7, 11) is 0. The lowest BCUT2D eigenvalue weighted by molar-refractivity contribution is -0.925. The first-order valence-electron chi connectivity index (χ1n) is 16.1. The van der Waals surface area contributed by atoms with Gasteiger partial charge in [-0.05, 0) is 39.5 Å². The molecule has 0 radical (unpaired) electrons. The van der Waals surface area contributed by atoms with E-state index in [1.54, 1.807) is 0 Å². The van der Waals surface area contributed by atoms with Crippen molar-refractivity contribution in [2.45, 2.75) is 182 Å². The van der Waals surface area contributed by atoms with Crippen LogP contribution in [0.1, 0.15) is 182 Å². The lowest BCUT2D eigenvalue weighted by atomic mass is 10.0. The van der Waals surface area contributed by atoms with Crippen molar-refractivity contribution in [3.8, 4) is 0 Å². The zero-order valence-electron chi connectivity index (χ0n) is 24.6. The molecule has 0 aromatic heterocycles. The Morgan fingerprint density at radius 1 is 0.294 bits per heavy atom. The van der Waals surface area contributed by atoms with E-state index in [1.165, 1.54) is 185 Å². The molecule has 34 heavy (non-hydrogen) atoms. The number of quaternary nitrogens is 1. The van der Waals surface area contributed by atoms with Crippen molar-refractivity contribution in [3.63, 3.8) is 0 Å². The normalized spacial score (nSPS) is 11.6. The first kappa shape index (κ1) is 36.8. The molecule has 0 atom stereocenters. The van der Waals surface area contributed by atoms with E-state index in [1.807, 2.05) is 0 Å². The summed E-state index contributed by atoms with van der Waals surface area (Å²) in [6, 6.07) is 0. The van der Waals surface area contributed by atoms with Gasteiger partial charge < -0.3 is 28.5 Å². The summed E-state index contributed by atoms with van der Waals surface area (Å²) in [5.41, 5.74) is 0. The molecule has 0 heterocycles. The summed E-state index contributed by atoms with van der Waals surface area (Å²) < 4.78 is 1.38. The SMILES string of the molecule is CCCCCCCCCCCCCC[N+](CC)(CC)CCCCCCCCCCCCCC.[I-]. The molecular weight excluding hydrogens is 525 g/mol. The minimum absolute atomic E-state index is 0. The number of hydrogen-bond donors (Lipinski definition) is 0. The molecule has 0 aromatic rings. The van der Waals surface area contributed by atoms with Gasteiger partial charge in [0.05, 0.1) is 26.2 Å². The van der Waals surface area contributed by atoms with Crippen LogP contribution in [0.15, 0.2) is 0 Å². The summed E-state index contributed by atoms with van der Waals surface area (Å²) in [6.07, 6.45) is 35.1. The molecule has 208 valence electrons. The van der Waals surface area contributed by atoms with Crippen molar-refractivity contribution in [3.05, 3.63) is 0 Å². The fraction of sp³-hybridized carbons (Fsp3) is 1.00. The predicted octanol–water partition coefficient (Wildman–Crippen LogP) is 8.25. The van der Waals surface area contributed by atoms with Crippen molar-refractivity contribution in [1.29, 1.82) is 0 Å². The Labute approximate surface area is 235 Å². The minimum Gasteiger partial charge on any atom is -1.00 e. The Balaban J connectivity index is 0. The smallest absolute Gasteiger partial charge is 0.0786 e. The van der Waals surface area contributed by atoms with Crippen LogP contribution in [-0.2, 0) is 0 Å². The van der Waals surface area contributed by atoms with Crippen LogP contribution in [0, 0.1) is 0 Å². The van der Waals surface area contributed by atoms with Gasteiger partial charge in [-0.3, -0.25) is 0 Å². The van der Waals surface area contributed by atoms with Gasteiger partial charge in [0.1, 0.15) is 0 Å². The van der Waals surface area contributed by atoms with E-state index in [0.717, 1.165) is 0 Å². The number of nitrogens with zero attached hydrogens (tertiary/aromatic N) is 1. The Kier molecular flexibility index (Phi) is 32.4. The zero-order valence-corrected chi connectivity index (χ0v) is 26.8. The highest BCUT2D eigenvalue weighted by Crippen LogP contribution is 2.17. The highest BCUT2D eigenvalue weighted by atomic mass is 127. The Morgan fingerprint density at radius 2 is 0.500 bits per heavy atom. The molecule has 0 aromatic carbocycles. The van der Waals surface area contributed by atoms with Gasteiger partial charge in [-0.15, -0.1) is 0 Å². The quantitative estimate of drug-likeness (QED) is 0.0487. The van der Waals surface area contributed by atoms with Crippen LogP contribution in [0.2, 0.25) is 0 Å². The van der Waals surface area contributed by atoms with Gasteiger partial charge in [0.25, 0.3) is 0 Å². The van der Waals surface area contributed by atoms with Crippen LogP contribution in [0.25, 0.3) is 0 Å². The Hall–Kier alpha value is 0.690. The molecule has 0 amide bonds. The van der Waals surface area contributed by atoms with Crippen LogP contribution in [0.5, 0.6) is 0 Å². The number of rotatable bonds is 28. The van der Waals surface area contributed by atoms with Gasteiger partial charge >= 0.3 is 0 Å². The van der Waals surface area contributed by atoms with Crippen molar-refractivity contribution >= 4 is 0 Å². The number of hydrogen-bond acceptors (Lipinski definition) is 0. The van der Waals surface area contributed by atoms with Crippen molar-refractivity contribution in [2.75, 3.05) is 26.2 Å². The van der Waals surface area contributed by atoms with Gasteiger partial charge in [0.15, 0.2) is 0 Å². The topological polar surface area (TPSA) is 0 Å². The third kappa shape index (κ3) is 24.4. The molecule has 0 spiro atoms. The zero-order chi connectivity index (χ0) is 24.3. The molecule has 0 aliphatic rings. The van der Waals surface area contributed by atoms with Gasteiger partial charge in [-0.2, -0.15) is 0 Å². The summed E-state index contributed by atoms with van der Waals surface area (Å²) in [4.78, 5) is 0. The molecule has 0 unspecified atom stereocenters. The fourth-order valence-corrected chi connectivity index (χ4v) is 5.54. The Bertz CT molecular complexity index is 323. The monoisotopic (exact) mass is 593 g/mol. The Morgan fingerprint density at radius 3 is 0.706 bits per heavy atom. The second kappa shape index (κ2) is 29.9. The van der Waals surface area contributed by atoms with Crippen LogP contribution in [-0.4, -0.2) is 30.7 Å². The predicted molar refractivity (Wildman–Crippen MR) is 153 cm³/mol. The van der Waals surface area contributed by atoms with E-state index in [2.05, 4.69) is 27.7 Å². The molecule has 0 aliphatic heterocycles. The van der Waals surface area contributed by atoms with Gasteiger partial charge in [0.2, 0.25) is 0 Å². The number of halogens is 1. The van der Waals surface area contributed by atoms with E-state index >= 15 is 0 Å². The summed E-state index contributed by atoms with van der Waals surface area (Å²) in [6.45, 7) is 15.0. The number of unbranched alkanes of at least 4 members (excludes halogenated alkanes) is 22. The van der Waals surface area contributed by atoms with E-state index in [9.17, 15) is 0 Å². The second-order valence-corrected chi connectivity index (χ2v) is 11.2. The van der Waals surface area contributed by atoms with Crippen molar-refractivity contribution in [2.24, 2.45) is 0 Å². The van der Waals surface area contributed by atoms with Crippen LogP contribution in [0.3, 0.4) is 0 Å². The first-order valence-corrected chi connectivity index (χ1v) is 16.1. The highest BCUT2D eigenvalue weighted by molar-refractivity contribution is 4.52. The van der Waals surface area contributed by atoms with Crippen LogP contribution < -0.4 is 24.0 Å². The third-order valence-electron chi connectivity index (χ3n) is 8.31. The van der Waals surface area contributed by atoms with Crippen molar-refractivity contribution < 1.29 is 28.5 Å². The molecule has 0 saturated heterocycles. The average molecular weight is 594 g/mol. The van der Waals surface area contributed by atoms with Crippen LogP contribution in [0.4, 0.5) is 0 Å². The molecule has 1 nitrogen and oxygen atoms in total. The summed E-state index contributed by atoms with van der Waals surface area (Å²) in [5, 5.41) is 0. The minimum atomic E-state index is 0. The largest absolute Gasteiger partial charge is 1.00 e. The lowest BCUT2D eigenvalue weighted by Gasteiger charge is -2.37. The standard InChI is InChI=1S/C32H68N.HI/c1-5-9-11-13-15-17-19-21-23-25-27-29-31-33(7-3,8-4)32-30-28-26-24-22-20-18-16-14-12-10-6-2;/h5-32H2,1-4H3;1H/q+1;/p-1. The second-order valence-electron chi connectivity index (χ2n) is 11.2. The maximum absolute atomic E-state index is 2.44. The molecule has 0 aliphatic carbocycles. The first-order chi connectivity index (χ1) is 16.2. The third-order valence-corrected chi connectivity index (χ3v) is 8.31. The lowest BCUT2D eigenvalue weighted by Crippen LogP contribution is -3.00. The maximum Gasteiger partial charge on any atom is 0.0786 e. The van der Waals surface area contributed by atoms with E-state index in [0.29, 0.717) is 0 Å². The van der Waals surface area contributed by atoms with E-state index in [4.69, 9.17) is 0 Å². The van der Waals surface area contributed by atoms with Crippen LogP contribution >= 0.6 is 0 Å². The van der Waals surface area contributed by atoms with Gasteiger partial charge in [-0.1, -0.05) is 142 Å². The molecule has 0 bridgehead atoms. The fourth-order valence-electron chi connectivity index (χ4n) is 5.54. The van der Waals surface area contributed by atoms with Gasteiger partial charge in [0, 0.05) is 0 Å². The summed E-state index contributed by atoms with van der Waals surface area (Å²) >= 11 is 0. The highest BCUT2D eigenvalue weighted by Gasteiger charge is 2.21. The van der Waals surface area contributed by atoms with Gasteiger partial charge in [-0.25, -0.2) is 0 Å². The molecule has 0 N–H and O–H groups in total. The van der Waals surface area contributed by atoms with E-state index in [-0.39, 0.29) is 24.0 Å². The maximum atomic E-state index is 2.44. The van der Waals surface area contributed by atoms with E-state index < -0.39 is 0 Å². The summed E-state index contributed by atoms with van der Waals surface area (Å²) in [5.74, 6) is 0. The van der Waals surface area contributed by atoms with Crippen molar-refractivity contribution in [1.82, 2.24) is 0 Å². The molecule has 0 saturated carbocycles. The average Bonchev–Trinajstić information content (AvgIpc) is 2.84. The molecule has 0 fully saturated rings. The molecular formula is C32H68IN. The molecule has 2 heteroatoms.